The SMILES string of the molecule is CC(C)NC(=O)CS(=O)(=O)Cc1cc(Cl)c2c(c1)OCCO2. The highest BCUT2D eigenvalue weighted by atomic mass is 35.5. The Kier molecular flexibility index (Phi) is 5.18. The van der Waals surface area contributed by atoms with E-state index in [1.807, 2.05) is 0 Å². The van der Waals surface area contributed by atoms with Crippen LogP contribution in [0.2, 0.25) is 5.02 Å². The Labute approximate surface area is 134 Å². The van der Waals surface area contributed by atoms with Crippen molar-refractivity contribution in [2.75, 3.05) is 19.0 Å². The molecule has 0 aromatic heterocycles. The summed E-state index contributed by atoms with van der Waals surface area (Å²) in [5.41, 5.74) is 0.464. The Bertz CT molecular complexity index is 672. The summed E-state index contributed by atoms with van der Waals surface area (Å²) in [6.45, 7) is 4.33. The van der Waals surface area contributed by atoms with Gasteiger partial charge in [-0.05, 0) is 31.5 Å². The molecular weight excluding hydrogens is 330 g/mol. The first-order valence-corrected chi connectivity index (χ1v) is 9.04. The molecule has 1 amide bonds. The van der Waals surface area contributed by atoms with E-state index in [-0.39, 0.29) is 11.8 Å². The molecule has 2 rings (SSSR count). The van der Waals surface area contributed by atoms with Crippen molar-refractivity contribution < 1.29 is 22.7 Å². The number of nitrogens with one attached hydrogen (secondary N) is 1. The Morgan fingerprint density at radius 1 is 1.32 bits per heavy atom. The van der Waals surface area contributed by atoms with Crippen LogP contribution >= 0.6 is 11.6 Å². The number of carbonyl (C=O) groups excluding carboxylic acids is 1. The van der Waals surface area contributed by atoms with Crippen LogP contribution in [0, 0.1) is 0 Å². The highest BCUT2D eigenvalue weighted by Crippen LogP contribution is 2.38. The quantitative estimate of drug-likeness (QED) is 0.874. The maximum Gasteiger partial charge on any atom is 0.235 e. The van der Waals surface area contributed by atoms with Gasteiger partial charge in [0.1, 0.15) is 19.0 Å². The molecule has 22 heavy (non-hydrogen) atoms. The zero-order valence-corrected chi connectivity index (χ0v) is 14.0. The first-order chi connectivity index (χ1) is 10.3. The number of fused-ring (bicyclic) bond motifs is 1. The lowest BCUT2D eigenvalue weighted by molar-refractivity contribution is -0.119. The molecule has 122 valence electrons. The van der Waals surface area contributed by atoms with Gasteiger partial charge in [0.15, 0.2) is 21.3 Å². The number of carbonyl (C=O) groups is 1. The fourth-order valence-corrected chi connectivity index (χ4v) is 3.66. The van der Waals surface area contributed by atoms with Gasteiger partial charge < -0.3 is 14.8 Å². The minimum atomic E-state index is -3.59. The summed E-state index contributed by atoms with van der Waals surface area (Å²) in [6.07, 6.45) is 0. The standard InChI is InChI=1S/C14H18ClNO5S/c1-9(2)16-13(17)8-22(18,19)7-10-5-11(15)14-12(6-10)20-3-4-21-14/h5-6,9H,3-4,7-8H2,1-2H3,(H,16,17). The van der Waals surface area contributed by atoms with Crippen LogP contribution in [0.25, 0.3) is 0 Å². The third kappa shape index (κ3) is 4.51. The topological polar surface area (TPSA) is 81.7 Å². The van der Waals surface area contributed by atoms with Gasteiger partial charge in [-0.25, -0.2) is 8.42 Å². The van der Waals surface area contributed by atoms with Gasteiger partial charge in [-0.2, -0.15) is 0 Å². The third-order valence-electron chi connectivity index (χ3n) is 2.84. The number of sulfone groups is 1. The minimum Gasteiger partial charge on any atom is -0.486 e. The highest BCUT2D eigenvalue weighted by molar-refractivity contribution is 7.91. The Morgan fingerprint density at radius 3 is 2.68 bits per heavy atom. The van der Waals surface area contributed by atoms with Crippen molar-refractivity contribution in [3.05, 3.63) is 22.7 Å². The molecule has 1 N–H and O–H groups in total. The maximum absolute atomic E-state index is 12.1. The number of hydrogen-bond donors (Lipinski definition) is 1. The molecule has 0 saturated carbocycles. The Balaban J connectivity index is 2.12. The number of amides is 1. The van der Waals surface area contributed by atoms with Crippen LogP contribution < -0.4 is 14.8 Å². The Morgan fingerprint density at radius 2 is 2.00 bits per heavy atom. The van der Waals surface area contributed by atoms with Crippen LogP contribution in [0.15, 0.2) is 12.1 Å². The van der Waals surface area contributed by atoms with E-state index >= 15 is 0 Å². The monoisotopic (exact) mass is 347 g/mol. The predicted octanol–water partition coefficient (Wildman–Crippen LogP) is 1.55. The summed E-state index contributed by atoms with van der Waals surface area (Å²) in [7, 11) is -3.59. The van der Waals surface area contributed by atoms with Gasteiger partial charge in [0.25, 0.3) is 0 Å². The van der Waals surface area contributed by atoms with Crippen molar-refractivity contribution in [2.24, 2.45) is 0 Å². The lowest BCUT2D eigenvalue weighted by Gasteiger charge is -2.20. The van der Waals surface area contributed by atoms with E-state index in [2.05, 4.69) is 5.32 Å². The van der Waals surface area contributed by atoms with Gasteiger partial charge in [-0.15, -0.1) is 0 Å². The fraction of sp³-hybridized carbons (Fsp3) is 0.500. The second-order valence-electron chi connectivity index (χ2n) is 5.36. The zero-order valence-electron chi connectivity index (χ0n) is 12.4. The van der Waals surface area contributed by atoms with Crippen molar-refractivity contribution in [3.63, 3.8) is 0 Å². The first kappa shape index (κ1) is 16.9. The zero-order chi connectivity index (χ0) is 16.3. The van der Waals surface area contributed by atoms with E-state index in [0.717, 1.165) is 0 Å². The van der Waals surface area contributed by atoms with E-state index in [9.17, 15) is 13.2 Å². The molecule has 1 aliphatic heterocycles. The van der Waals surface area contributed by atoms with Gasteiger partial charge in [0.2, 0.25) is 5.91 Å². The van der Waals surface area contributed by atoms with E-state index in [1.165, 1.54) is 6.07 Å². The average molecular weight is 348 g/mol. The van der Waals surface area contributed by atoms with E-state index in [4.69, 9.17) is 21.1 Å². The minimum absolute atomic E-state index is 0.105. The van der Waals surface area contributed by atoms with E-state index in [1.54, 1.807) is 19.9 Å². The molecule has 1 aromatic carbocycles. The summed E-state index contributed by atoms with van der Waals surface area (Å²) in [6, 6.07) is 3.00. The second kappa shape index (κ2) is 6.75. The number of halogens is 1. The van der Waals surface area contributed by atoms with Crippen LogP contribution in [-0.2, 0) is 20.4 Å². The van der Waals surface area contributed by atoms with Gasteiger partial charge in [-0.3, -0.25) is 4.79 Å². The van der Waals surface area contributed by atoms with Gasteiger partial charge in [0, 0.05) is 6.04 Å². The van der Waals surface area contributed by atoms with E-state index < -0.39 is 21.5 Å². The van der Waals surface area contributed by atoms with Crippen LogP contribution in [0.3, 0.4) is 0 Å². The van der Waals surface area contributed by atoms with Gasteiger partial charge in [-0.1, -0.05) is 11.6 Å². The van der Waals surface area contributed by atoms with Crippen molar-refractivity contribution >= 4 is 27.3 Å². The van der Waals surface area contributed by atoms with Crippen LogP contribution in [0.1, 0.15) is 19.4 Å². The summed E-state index contributed by atoms with van der Waals surface area (Å²) in [5.74, 6) is -0.507. The van der Waals surface area contributed by atoms with Gasteiger partial charge >= 0.3 is 0 Å². The number of rotatable bonds is 5. The molecule has 1 heterocycles. The summed E-state index contributed by atoms with van der Waals surface area (Å²) in [4.78, 5) is 11.6. The third-order valence-corrected chi connectivity index (χ3v) is 4.60. The predicted molar refractivity (Wildman–Crippen MR) is 83.2 cm³/mol. The maximum atomic E-state index is 12.1. The molecule has 0 saturated heterocycles. The summed E-state index contributed by atoms with van der Waals surface area (Å²) in [5, 5.41) is 2.86. The highest BCUT2D eigenvalue weighted by Gasteiger charge is 2.21. The smallest absolute Gasteiger partial charge is 0.235 e. The molecule has 0 unspecified atom stereocenters. The lowest BCUT2D eigenvalue weighted by atomic mass is 10.2. The van der Waals surface area contributed by atoms with Gasteiger partial charge in [0.05, 0.1) is 10.8 Å². The summed E-state index contributed by atoms with van der Waals surface area (Å²) < 4.78 is 35.0. The second-order valence-corrected chi connectivity index (χ2v) is 7.83. The lowest BCUT2D eigenvalue weighted by Crippen LogP contribution is -2.35. The normalized spacial score (nSPS) is 14.0. The molecule has 8 heteroatoms. The van der Waals surface area contributed by atoms with Crippen molar-refractivity contribution in [1.29, 1.82) is 0 Å². The molecule has 0 radical (unpaired) electrons. The molecule has 1 aromatic rings. The van der Waals surface area contributed by atoms with Crippen molar-refractivity contribution in [2.45, 2.75) is 25.6 Å². The molecular formula is C14H18ClNO5S. The fourth-order valence-electron chi connectivity index (χ4n) is 2.12. The van der Waals surface area contributed by atoms with E-state index in [0.29, 0.717) is 35.3 Å². The van der Waals surface area contributed by atoms with Crippen molar-refractivity contribution in [3.8, 4) is 11.5 Å². The van der Waals surface area contributed by atoms with Crippen LogP contribution in [0.4, 0.5) is 0 Å². The molecule has 1 aliphatic rings. The molecule has 0 atom stereocenters. The van der Waals surface area contributed by atoms with Crippen LogP contribution in [-0.4, -0.2) is 39.3 Å². The number of ether oxygens (including phenoxy) is 2. The largest absolute Gasteiger partial charge is 0.486 e. The first-order valence-electron chi connectivity index (χ1n) is 6.84. The molecule has 6 nitrogen and oxygen atoms in total. The number of benzene rings is 1. The van der Waals surface area contributed by atoms with Crippen LogP contribution in [0.5, 0.6) is 11.5 Å². The molecule has 0 spiro atoms. The molecule has 0 aliphatic carbocycles. The average Bonchev–Trinajstić information content (AvgIpc) is 2.36. The summed E-state index contributed by atoms with van der Waals surface area (Å²) >= 11 is 6.07. The van der Waals surface area contributed by atoms with Crippen molar-refractivity contribution in [1.82, 2.24) is 5.32 Å². The number of hydrogen-bond acceptors (Lipinski definition) is 5. The Hall–Kier alpha value is -1.47. The molecule has 0 bridgehead atoms. The molecule has 0 fully saturated rings.